The molecule has 0 amide bonds. The molecular formula is C9H7N7O. The second-order valence-corrected chi connectivity index (χ2v) is 3.00. The lowest BCUT2D eigenvalue weighted by Crippen LogP contribution is -1.99. The van der Waals surface area contributed by atoms with Crippen LogP contribution in [0, 0.1) is 11.3 Å². The molecule has 8 nitrogen and oxygen atoms in total. The zero-order valence-electron chi connectivity index (χ0n) is 8.52. The minimum absolute atomic E-state index is 0.0615. The van der Waals surface area contributed by atoms with Gasteiger partial charge in [0.25, 0.3) is 0 Å². The largest absolute Gasteiger partial charge is 0.504 e. The van der Waals surface area contributed by atoms with Crippen molar-refractivity contribution < 1.29 is 5.11 Å². The van der Waals surface area contributed by atoms with E-state index in [0.29, 0.717) is 0 Å². The number of aromatic hydroxyl groups is 1. The van der Waals surface area contributed by atoms with Crippen molar-refractivity contribution in [1.29, 1.82) is 5.26 Å². The van der Waals surface area contributed by atoms with Crippen LogP contribution in [0.1, 0.15) is 11.7 Å². The Kier molecular flexibility index (Phi) is 3.02. The first-order valence-electron chi connectivity index (χ1n) is 4.62. The number of nitrogens with one attached hydrogen (secondary N) is 1. The predicted molar refractivity (Wildman–Crippen MR) is 56.6 cm³/mol. The van der Waals surface area contributed by atoms with E-state index < -0.39 is 5.92 Å². The molecule has 0 saturated carbocycles. The van der Waals surface area contributed by atoms with Crippen LogP contribution >= 0.6 is 0 Å². The Hall–Kier alpha value is -2.82. The fraction of sp³-hybridized carbons (Fsp3) is 0.111. The highest BCUT2D eigenvalue weighted by Gasteiger charge is 2.12. The van der Waals surface area contributed by atoms with E-state index in [2.05, 4.69) is 30.6 Å². The van der Waals surface area contributed by atoms with Crippen molar-refractivity contribution in [2.45, 2.75) is 5.92 Å². The molecule has 0 aliphatic heterocycles. The number of H-pyrrole nitrogens is 1. The lowest BCUT2D eigenvalue weighted by atomic mass is 10.2. The van der Waals surface area contributed by atoms with Crippen LogP contribution in [0.3, 0.4) is 0 Å². The SMILES string of the molecule is N#CC(C=Nc1ncccc1O)c1nn[nH]n1. The summed E-state index contributed by atoms with van der Waals surface area (Å²) in [5.74, 6) is -0.452. The number of pyridine rings is 1. The Morgan fingerprint density at radius 2 is 2.47 bits per heavy atom. The number of aliphatic imine (C=N–C) groups is 1. The van der Waals surface area contributed by atoms with Crippen molar-refractivity contribution in [2.24, 2.45) is 4.99 Å². The van der Waals surface area contributed by atoms with Crippen LogP contribution in [0.15, 0.2) is 23.3 Å². The fourth-order valence-corrected chi connectivity index (χ4v) is 1.09. The van der Waals surface area contributed by atoms with Gasteiger partial charge < -0.3 is 5.11 Å². The van der Waals surface area contributed by atoms with Gasteiger partial charge in [-0.2, -0.15) is 10.5 Å². The molecule has 0 aromatic carbocycles. The number of aromatic nitrogens is 5. The average Bonchev–Trinajstić information content (AvgIpc) is 2.86. The first-order chi connectivity index (χ1) is 8.31. The van der Waals surface area contributed by atoms with Gasteiger partial charge in [-0.1, -0.05) is 5.21 Å². The fourth-order valence-electron chi connectivity index (χ4n) is 1.09. The third-order valence-corrected chi connectivity index (χ3v) is 1.89. The molecule has 0 fully saturated rings. The molecule has 17 heavy (non-hydrogen) atoms. The molecule has 2 aromatic heterocycles. The van der Waals surface area contributed by atoms with Gasteiger partial charge in [0.1, 0.15) is 5.92 Å². The van der Waals surface area contributed by atoms with E-state index in [1.807, 2.05) is 6.07 Å². The highest BCUT2D eigenvalue weighted by atomic mass is 16.3. The molecule has 0 aliphatic carbocycles. The van der Waals surface area contributed by atoms with Gasteiger partial charge in [-0.15, -0.1) is 10.2 Å². The molecule has 2 rings (SSSR count). The first kappa shape index (κ1) is 10.7. The van der Waals surface area contributed by atoms with Gasteiger partial charge in [-0.05, 0) is 12.1 Å². The van der Waals surface area contributed by atoms with Crippen LogP contribution in [-0.4, -0.2) is 36.9 Å². The molecule has 0 saturated heterocycles. The Morgan fingerprint density at radius 3 is 3.12 bits per heavy atom. The molecule has 0 spiro atoms. The smallest absolute Gasteiger partial charge is 0.197 e. The van der Waals surface area contributed by atoms with E-state index in [0.717, 1.165) is 0 Å². The summed E-state index contributed by atoms with van der Waals surface area (Å²) >= 11 is 0. The topological polar surface area (TPSA) is 124 Å². The molecule has 1 unspecified atom stereocenters. The molecule has 0 radical (unpaired) electrons. The summed E-state index contributed by atoms with van der Waals surface area (Å²) in [6.45, 7) is 0. The van der Waals surface area contributed by atoms with Gasteiger partial charge in [0.2, 0.25) is 0 Å². The Balaban J connectivity index is 2.21. The Labute approximate surface area is 95.7 Å². The number of aromatic amines is 1. The van der Waals surface area contributed by atoms with Gasteiger partial charge in [0.05, 0.1) is 6.07 Å². The lowest BCUT2D eigenvalue weighted by molar-refractivity contribution is 0.474. The lowest BCUT2D eigenvalue weighted by Gasteiger charge is -1.97. The molecule has 8 heteroatoms. The van der Waals surface area contributed by atoms with Crippen molar-refractivity contribution in [3.05, 3.63) is 24.2 Å². The number of hydrogen-bond donors (Lipinski definition) is 2. The van der Waals surface area contributed by atoms with Crippen LogP contribution in [-0.2, 0) is 0 Å². The van der Waals surface area contributed by atoms with Gasteiger partial charge in [-0.25, -0.2) is 9.98 Å². The van der Waals surface area contributed by atoms with E-state index >= 15 is 0 Å². The highest BCUT2D eigenvalue weighted by Crippen LogP contribution is 2.21. The number of hydrogen-bond acceptors (Lipinski definition) is 7. The van der Waals surface area contributed by atoms with Crippen LogP contribution < -0.4 is 0 Å². The third kappa shape index (κ3) is 2.40. The van der Waals surface area contributed by atoms with E-state index in [-0.39, 0.29) is 17.4 Å². The number of rotatable bonds is 3. The molecule has 2 N–H and O–H groups in total. The molecule has 2 heterocycles. The minimum atomic E-state index is -0.741. The number of nitrogens with zero attached hydrogens (tertiary/aromatic N) is 6. The summed E-state index contributed by atoms with van der Waals surface area (Å²) in [5.41, 5.74) is 0. The summed E-state index contributed by atoms with van der Waals surface area (Å²) in [4.78, 5) is 7.75. The normalized spacial score (nSPS) is 12.4. The second kappa shape index (κ2) is 4.80. The van der Waals surface area contributed by atoms with Gasteiger partial charge in [-0.3, -0.25) is 0 Å². The summed E-state index contributed by atoms with van der Waals surface area (Å²) in [5, 5.41) is 31.3. The molecule has 84 valence electrons. The Morgan fingerprint density at radius 1 is 1.59 bits per heavy atom. The van der Waals surface area contributed by atoms with Gasteiger partial charge in [0.15, 0.2) is 17.4 Å². The maximum absolute atomic E-state index is 9.42. The van der Waals surface area contributed by atoms with Gasteiger partial charge >= 0.3 is 0 Å². The van der Waals surface area contributed by atoms with E-state index in [4.69, 9.17) is 5.26 Å². The summed E-state index contributed by atoms with van der Waals surface area (Å²) in [7, 11) is 0. The highest BCUT2D eigenvalue weighted by molar-refractivity contribution is 5.73. The van der Waals surface area contributed by atoms with Crippen LogP contribution in [0.25, 0.3) is 0 Å². The van der Waals surface area contributed by atoms with Crippen molar-refractivity contribution in [3.63, 3.8) is 0 Å². The zero-order valence-corrected chi connectivity index (χ0v) is 8.52. The molecule has 1 atom stereocenters. The van der Waals surface area contributed by atoms with Crippen molar-refractivity contribution >= 4 is 12.0 Å². The van der Waals surface area contributed by atoms with Crippen molar-refractivity contribution in [3.8, 4) is 11.8 Å². The quantitative estimate of drug-likeness (QED) is 0.730. The van der Waals surface area contributed by atoms with Crippen LogP contribution in [0.4, 0.5) is 5.82 Å². The number of tetrazole rings is 1. The summed E-state index contributed by atoms with van der Waals surface area (Å²) in [6, 6.07) is 4.98. The molecule has 0 aliphatic rings. The maximum atomic E-state index is 9.42. The van der Waals surface area contributed by atoms with Crippen molar-refractivity contribution in [1.82, 2.24) is 25.6 Å². The number of nitriles is 1. The molecule has 0 bridgehead atoms. The monoisotopic (exact) mass is 229 g/mol. The maximum Gasteiger partial charge on any atom is 0.197 e. The standard InChI is InChI=1S/C9H7N7O/c10-4-6(8-13-15-16-14-8)5-12-9-7(17)2-1-3-11-9/h1-3,5-6,17H,(H,13,14,15,16). The van der Waals surface area contributed by atoms with Gasteiger partial charge in [0, 0.05) is 12.4 Å². The molecule has 2 aromatic rings. The summed E-state index contributed by atoms with van der Waals surface area (Å²) < 4.78 is 0. The van der Waals surface area contributed by atoms with E-state index in [1.54, 1.807) is 6.07 Å². The van der Waals surface area contributed by atoms with Crippen LogP contribution in [0.5, 0.6) is 5.75 Å². The van der Waals surface area contributed by atoms with E-state index in [9.17, 15) is 5.11 Å². The second-order valence-electron chi connectivity index (χ2n) is 3.00. The van der Waals surface area contributed by atoms with Crippen LogP contribution in [0.2, 0.25) is 0 Å². The first-order valence-corrected chi connectivity index (χ1v) is 4.62. The Bertz CT molecular complexity index is 557. The van der Waals surface area contributed by atoms with Crippen molar-refractivity contribution in [2.75, 3.05) is 0 Å². The minimum Gasteiger partial charge on any atom is -0.504 e. The third-order valence-electron chi connectivity index (χ3n) is 1.89. The average molecular weight is 229 g/mol. The summed E-state index contributed by atoms with van der Waals surface area (Å²) in [6.07, 6.45) is 2.79. The van der Waals surface area contributed by atoms with E-state index in [1.165, 1.54) is 18.5 Å². The molecular weight excluding hydrogens is 222 g/mol. The zero-order chi connectivity index (χ0) is 12.1. The predicted octanol–water partition coefficient (Wildman–Crippen LogP) is 0.310.